The molecule has 4 heteroatoms. The van der Waals surface area contributed by atoms with E-state index >= 15 is 0 Å². The zero-order chi connectivity index (χ0) is 11.8. The highest BCUT2D eigenvalue weighted by Crippen LogP contribution is 2.24. The van der Waals surface area contributed by atoms with E-state index in [1.54, 1.807) is 0 Å². The molecule has 0 spiro atoms. The zero-order valence-corrected chi connectivity index (χ0v) is 10.5. The fraction of sp³-hybridized carbons (Fsp3) is 0.917. The van der Waals surface area contributed by atoms with Crippen LogP contribution in [0.2, 0.25) is 0 Å². The molecule has 0 radical (unpaired) electrons. The lowest BCUT2D eigenvalue weighted by molar-refractivity contribution is -0.154. The highest BCUT2D eigenvalue weighted by Gasteiger charge is 2.37. The van der Waals surface area contributed by atoms with Crippen LogP contribution in [0.5, 0.6) is 0 Å². The van der Waals surface area contributed by atoms with Crippen LogP contribution in [-0.4, -0.2) is 60.1 Å². The molecule has 4 nitrogen and oxygen atoms in total. The minimum Gasteiger partial charge on any atom is -0.369 e. The fourth-order valence-corrected chi connectivity index (χ4v) is 2.46. The van der Waals surface area contributed by atoms with Crippen molar-refractivity contribution in [1.29, 1.82) is 0 Å². The van der Waals surface area contributed by atoms with Gasteiger partial charge in [0.1, 0.15) is 6.61 Å². The third-order valence-corrected chi connectivity index (χ3v) is 4.06. The maximum absolute atomic E-state index is 11.6. The van der Waals surface area contributed by atoms with E-state index in [1.807, 2.05) is 4.90 Å². The number of fused-ring (bicyclic) bond motifs is 1. The lowest BCUT2D eigenvalue weighted by Gasteiger charge is -2.49. The van der Waals surface area contributed by atoms with Gasteiger partial charge >= 0.3 is 0 Å². The largest absolute Gasteiger partial charge is 0.369 e. The number of piperazine rings is 1. The molecule has 2 fully saturated rings. The van der Waals surface area contributed by atoms with Gasteiger partial charge in [-0.3, -0.25) is 9.69 Å². The quantitative estimate of drug-likeness (QED) is 0.695. The van der Waals surface area contributed by atoms with E-state index in [4.69, 9.17) is 4.74 Å². The number of carbonyl (C=O) groups is 1. The molecule has 0 saturated carbocycles. The number of ether oxygens (including phenoxy) is 1. The first kappa shape index (κ1) is 11.9. The lowest BCUT2D eigenvalue weighted by Crippen LogP contribution is -2.63. The molecule has 2 aliphatic heterocycles. The van der Waals surface area contributed by atoms with Crippen molar-refractivity contribution in [3.63, 3.8) is 0 Å². The summed E-state index contributed by atoms with van der Waals surface area (Å²) in [5, 5.41) is 0. The molecule has 2 rings (SSSR count). The predicted octanol–water partition coefficient (Wildman–Crippen LogP) is 0.718. The van der Waals surface area contributed by atoms with Gasteiger partial charge in [-0.2, -0.15) is 0 Å². The van der Waals surface area contributed by atoms with Gasteiger partial charge < -0.3 is 9.64 Å². The molecule has 1 atom stereocenters. The molecule has 0 bridgehead atoms. The summed E-state index contributed by atoms with van der Waals surface area (Å²) < 4.78 is 5.33. The van der Waals surface area contributed by atoms with Crippen LogP contribution in [0.3, 0.4) is 0 Å². The second-order valence-electron chi connectivity index (χ2n) is 5.37. The molecular weight excluding hydrogens is 204 g/mol. The van der Waals surface area contributed by atoms with Crippen molar-refractivity contribution in [2.75, 3.05) is 32.8 Å². The van der Waals surface area contributed by atoms with Crippen LogP contribution in [-0.2, 0) is 9.53 Å². The number of nitrogens with zero attached hydrogens (tertiary/aromatic N) is 2. The van der Waals surface area contributed by atoms with E-state index in [-0.39, 0.29) is 24.1 Å². The van der Waals surface area contributed by atoms with Crippen LogP contribution in [0.4, 0.5) is 0 Å². The summed E-state index contributed by atoms with van der Waals surface area (Å²) in [6.45, 7) is 10.5. The van der Waals surface area contributed by atoms with Gasteiger partial charge in [0.05, 0.1) is 12.6 Å². The molecule has 92 valence electrons. The average molecular weight is 226 g/mol. The number of amides is 1. The Bertz CT molecular complexity index is 278. The molecule has 0 aromatic heterocycles. The van der Waals surface area contributed by atoms with Crippen molar-refractivity contribution in [3.05, 3.63) is 0 Å². The maximum atomic E-state index is 11.6. The number of hydrogen-bond donors (Lipinski definition) is 0. The minimum absolute atomic E-state index is 0.158. The fourth-order valence-electron chi connectivity index (χ4n) is 2.46. The van der Waals surface area contributed by atoms with Gasteiger partial charge in [0.25, 0.3) is 0 Å². The number of carbonyl (C=O) groups excluding carboxylic acids is 1. The third kappa shape index (κ3) is 2.09. The lowest BCUT2D eigenvalue weighted by atomic mass is 9.96. The van der Waals surface area contributed by atoms with Crippen LogP contribution >= 0.6 is 0 Å². The molecule has 2 saturated heterocycles. The Labute approximate surface area is 97.5 Å². The van der Waals surface area contributed by atoms with Crippen LogP contribution in [0.15, 0.2) is 0 Å². The number of morpholine rings is 1. The van der Waals surface area contributed by atoms with Crippen molar-refractivity contribution in [3.8, 4) is 0 Å². The molecule has 16 heavy (non-hydrogen) atoms. The highest BCUT2D eigenvalue weighted by atomic mass is 16.5. The molecule has 0 N–H and O–H groups in total. The normalized spacial score (nSPS) is 28.1. The third-order valence-electron chi connectivity index (χ3n) is 4.06. The van der Waals surface area contributed by atoms with Crippen LogP contribution in [0, 0.1) is 0 Å². The van der Waals surface area contributed by atoms with Gasteiger partial charge in [0, 0.05) is 25.2 Å². The van der Waals surface area contributed by atoms with Crippen LogP contribution < -0.4 is 0 Å². The van der Waals surface area contributed by atoms with Crippen molar-refractivity contribution in [2.24, 2.45) is 0 Å². The summed E-state index contributed by atoms with van der Waals surface area (Å²) in [6.07, 6.45) is 1.13. The Morgan fingerprint density at radius 2 is 2.19 bits per heavy atom. The van der Waals surface area contributed by atoms with Crippen LogP contribution in [0.1, 0.15) is 27.2 Å². The van der Waals surface area contributed by atoms with Gasteiger partial charge in [0.15, 0.2) is 0 Å². The van der Waals surface area contributed by atoms with E-state index in [2.05, 4.69) is 25.7 Å². The zero-order valence-electron chi connectivity index (χ0n) is 10.5. The SMILES string of the molecule is CCC(C)(C)N1CCN2C(=O)COCC2C1. The Morgan fingerprint density at radius 1 is 1.44 bits per heavy atom. The first-order valence-electron chi connectivity index (χ1n) is 6.17. The van der Waals surface area contributed by atoms with Gasteiger partial charge in [0.2, 0.25) is 5.91 Å². The summed E-state index contributed by atoms with van der Waals surface area (Å²) in [4.78, 5) is 16.1. The van der Waals surface area contributed by atoms with E-state index < -0.39 is 0 Å². The molecule has 0 aliphatic carbocycles. The summed E-state index contributed by atoms with van der Waals surface area (Å²) in [5.41, 5.74) is 0.229. The molecule has 2 aliphatic rings. The monoisotopic (exact) mass is 226 g/mol. The smallest absolute Gasteiger partial charge is 0.248 e. The highest BCUT2D eigenvalue weighted by molar-refractivity contribution is 5.78. The molecule has 1 amide bonds. The van der Waals surface area contributed by atoms with E-state index in [1.165, 1.54) is 0 Å². The van der Waals surface area contributed by atoms with Gasteiger partial charge in [-0.1, -0.05) is 6.92 Å². The minimum atomic E-state index is 0.158. The Hall–Kier alpha value is -0.610. The second kappa shape index (κ2) is 4.34. The molecule has 0 aromatic carbocycles. The summed E-state index contributed by atoms with van der Waals surface area (Å²) in [6, 6.07) is 0.265. The molecular formula is C12H22N2O2. The van der Waals surface area contributed by atoms with Crippen molar-refractivity contribution in [1.82, 2.24) is 9.80 Å². The number of rotatable bonds is 2. The maximum Gasteiger partial charge on any atom is 0.248 e. The second-order valence-corrected chi connectivity index (χ2v) is 5.37. The van der Waals surface area contributed by atoms with Crippen LogP contribution in [0.25, 0.3) is 0 Å². The Kier molecular flexibility index (Phi) is 3.22. The average Bonchev–Trinajstić information content (AvgIpc) is 2.29. The first-order chi connectivity index (χ1) is 7.54. The molecule has 1 unspecified atom stereocenters. The summed E-state index contributed by atoms with van der Waals surface area (Å²) >= 11 is 0. The molecule has 2 heterocycles. The number of hydrogen-bond acceptors (Lipinski definition) is 3. The summed E-state index contributed by atoms with van der Waals surface area (Å²) in [5.74, 6) is 0.158. The van der Waals surface area contributed by atoms with Gasteiger partial charge in [-0.15, -0.1) is 0 Å². The van der Waals surface area contributed by atoms with E-state index in [0.717, 1.165) is 26.1 Å². The summed E-state index contributed by atoms with van der Waals surface area (Å²) in [7, 11) is 0. The van der Waals surface area contributed by atoms with E-state index in [9.17, 15) is 4.79 Å². The topological polar surface area (TPSA) is 32.8 Å². The molecule has 0 aromatic rings. The standard InChI is InChI=1S/C12H22N2O2/c1-4-12(2,3)13-5-6-14-10(7-13)8-16-9-11(14)15/h10H,4-9H2,1-3H3. The Morgan fingerprint density at radius 3 is 2.88 bits per heavy atom. The Balaban J connectivity index is 2.02. The van der Waals surface area contributed by atoms with Gasteiger partial charge in [-0.25, -0.2) is 0 Å². The van der Waals surface area contributed by atoms with Gasteiger partial charge in [-0.05, 0) is 20.3 Å². The first-order valence-corrected chi connectivity index (χ1v) is 6.17. The predicted molar refractivity (Wildman–Crippen MR) is 62.3 cm³/mol. The van der Waals surface area contributed by atoms with Crippen molar-refractivity contribution in [2.45, 2.75) is 38.8 Å². The van der Waals surface area contributed by atoms with E-state index in [0.29, 0.717) is 6.61 Å². The van der Waals surface area contributed by atoms with Crippen molar-refractivity contribution < 1.29 is 9.53 Å². The van der Waals surface area contributed by atoms with Crippen molar-refractivity contribution >= 4 is 5.91 Å².